The summed E-state index contributed by atoms with van der Waals surface area (Å²) in [6.45, 7) is 7.47. The second-order valence-electron chi connectivity index (χ2n) is 7.26. The minimum absolute atomic E-state index is 0.0670. The van der Waals surface area contributed by atoms with Crippen LogP contribution in [-0.4, -0.2) is 26.6 Å². The number of nitrogens with one attached hydrogen (secondary N) is 1. The normalized spacial score (nSPS) is 17.7. The van der Waals surface area contributed by atoms with Crippen LogP contribution >= 0.6 is 0 Å². The van der Waals surface area contributed by atoms with Crippen molar-refractivity contribution in [2.45, 2.75) is 51.5 Å². The van der Waals surface area contributed by atoms with Gasteiger partial charge in [0, 0.05) is 24.3 Å². The van der Waals surface area contributed by atoms with Crippen molar-refractivity contribution in [3.05, 3.63) is 36.7 Å². The molecule has 0 unspecified atom stereocenters. The summed E-state index contributed by atoms with van der Waals surface area (Å²) in [5.41, 5.74) is 2.00. The van der Waals surface area contributed by atoms with Crippen molar-refractivity contribution in [3.63, 3.8) is 0 Å². The molecule has 0 saturated heterocycles. The van der Waals surface area contributed by atoms with Crippen molar-refractivity contribution in [3.8, 4) is 0 Å². The van der Waals surface area contributed by atoms with Crippen molar-refractivity contribution in [1.29, 1.82) is 0 Å². The van der Waals surface area contributed by atoms with Crippen LogP contribution in [0.5, 0.6) is 0 Å². The van der Waals surface area contributed by atoms with Crippen LogP contribution in [0.15, 0.2) is 31.0 Å². The van der Waals surface area contributed by atoms with E-state index in [1.165, 1.54) is 6.08 Å². The lowest BCUT2D eigenvalue weighted by atomic mass is 9.86. The average Bonchev–Trinajstić information content (AvgIpc) is 2.99. The molecule has 2 heterocycles. The molecule has 1 fully saturated rings. The first kappa shape index (κ1) is 19.2. The zero-order valence-corrected chi connectivity index (χ0v) is 15.6. The molecule has 0 aromatic carbocycles. The number of aromatic nitrogens is 3. The molecule has 27 heavy (non-hydrogen) atoms. The largest absolute Gasteiger partial charge is 0.321 e. The first-order chi connectivity index (χ1) is 12.8. The number of nitrogens with zero attached hydrogens (tertiary/aromatic N) is 3. The van der Waals surface area contributed by atoms with Crippen molar-refractivity contribution >= 4 is 28.7 Å². The summed E-state index contributed by atoms with van der Waals surface area (Å²) < 4.78 is 28.5. The van der Waals surface area contributed by atoms with Crippen LogP contribution in [0.25, 0.3) is 17.1 Å². The molecule has 2 aromatic heterocycles. The van der Waals surface area contributed by atoms with Gasteiger partial charge in [-0.05, 0) is 50.8 Å². The molecule has 5 nitrogen and oxygen atoms in total. The standard InChI is InChI=1S/C20H24F2N4O/c1-4-18(27)24-15-11-16-17(25-26(13(2)3)19(16)23-12-15)6-5-14-7-9-20(21,22)10-8-14/h4-6,11-14H,1,7-10H2,2-3H3,(H,24,27). The first-order valence-electron chi connectivity index (χ1n) is 9.17. The molecule has 144 valence electrons. The van der Waals surface area contributed by atoms with E-state index in [4.69, 9.17) is 0 Å². The Bertz CT molecular complexity index is 875. The lowest BCUT2D eigenvalue weighted by molar-refractivity contribution is -0.111. The van der Waals surface area contributed by atoms with Crippen LogP contribution < -0.4 is 5.32 Å². The number of allylic oxidation sites excluding steroid dienone is 1. The van der Waals surface area contributed by atoms with E-state index in [9.17, 15) is 13.6 Å². The number of amides is 1. The van der Waals surface area contributed by atoms with Gasteiger partial charge in [0.2, 0.25) is 11.8 Å². The number of pyridine rings is 1. The molecule has 0 spiro atoms. The Morgan fingerprint density at radius 3 is 2.74 bits per heavy atom. The minimum Gasteiger partial charge on any atom is -0.321 e. The summed E-state index contributed by atoms with van der Waals surface area (Å²) in [6, 6.07) is 1.94. The fraction of sp³-hybridized carbons (Fsp3) is 0.450. The first-order valence-corrected chi connectivity index (χ1v) is 9.17. The van der Waals surface area contributed by atoms with Crippen molar-refractivity contribution in [2.75, 3.05) is 5.32 Å². The third kappa shape index (κ3) is 4.40. The molecule has 0 radical (unpaired) electrons. The molecular weight excluding hydrogens is 350 g/mol. The monoisotopic (exact) mass is 374 g/mol. The molecule has 1 aliphatic carbocycles. The Morgan fingerprint density at radius 1 is 1.41 bits per heavy atom. The zero-order chi connectivity index (χ0) is 19.6. The van der Waals surface area contributed by atoms with Crippen LogP contribution in [0.2, 0.25) is 0 Å². The van der Waals surface area contributed by atoms with Gasteiger partial charge in [0.25, 0.3) is 0 Å². The van der Waals surface area contributed by atoms with Crippen LogP contribution in [0.3, 0.4) is 0 Å². The maximum Gasteiger partial charge on any atom is 0.248 e. The Morgan fingerprint density at radius 2 is 2.11 bits per heavy atom. The van der Waals surface area contributed by atoms with Gasteiger partial charge in [-0.1, -0.05) is 12.7 Å². The van der Waals surface area contributed by atoms with Crippen molar-refractivity contribution in [2.24, 2.45) is 5.92 Å². The van der Waals surface area contributed by atoms with Gasteiger partial charge in [0.05, 0.1) is 17.6 Å². The third-order valence-corrected chi connectivity index (χ3v) is 4.81. The minimum atomic E-state index is -2.53. The Labute approximate surface area is 157 Å². The lowest BCUT2D eigenvalue weighted by Gasteiger charge is -2.26. The number of hydrogen-bond donors (Lipinski definition) is 1. The number of rotatable bonds is 5. The summed E-state index contributed by atoms with van der Waals surface area (Å²) >= 11 is 0. The van der Waals surface area contributed by atoms with E-state index in [0.717, 1.165) is 16.7 Å². The second kappa shape index (κ2) is 7.58. The smallest absolute Gasteiger partial charge is 0.248 e. The SMILES string of the molecule is C=CC(=O)Nc1cnc2c(c1)c(C=CC1CCC(F)(F)CC1)nn2C(C)C. The highest BCUT2D eigenvalue weighted by atomic mass is 19.3. The quantitative estimate of drug-likeness (QED) is 0.751. The maximum absolute atomic E-state index is 13.3. The second-order valence-corrected chi connectivity index (χ2v) is 7.26. The summed E-state index contributed by atoms with van der Waals surface area (Å²) in [5, 5.41) is 8.14. The lowest BCUT2D eigenvalue weighted by Crippen LogP contribution is -2.23. The Hall–Kier alpha value is -2.57. The van der Waals surface area contributed by atoms with E-state index in [0.29, 0.717) is 18.5 Å². The highest BCUT2D eigenvalue weighted by Gasteiger charge is 2.33. The van der Waals surface area contributed by atoms with Gasteiger partial charge in [-0.3, -0.25) is 4.79 Å². The molecule has 3 rings (SSSR count). The molecule has 1 saturated carbocycles. The summed E-state index contributed by atoms with van der Waals surface area (Å²) in [6.07, 6.45) is 7.45. The number of halogens is 2. The van der Waals surface area contributed by atoms with Crippen molar-refractivity contribution in [1.82, 2.24) is 14.8 Å². The number of anilines is 1. The van der Waals surface area contributed by atoms with E-state index in [2.05, 4.69) is 22.0 Å². The molecule has 0 bridgehead atoms. The van der Waals surface area contributed by atoms with E-state index < -0.39 is 5.92 Å². The van der Waals surface area contributed by atoms with E-state index in [1.54, 1.807) is 6.20 Å². The summed E-state index contributed by atoms with van der Waals surface area (Å²) in [5.74, 6) is -2.72. The van der Waals surface area contributed by atoms with E-state index >= 15 is 0 Å². The highest BCUT2D eigenvalue weighted by Crippen LogP contribution is 2.37. The van der Waals surface area contributed by atoms with Crippen LogP contribution in [0.1, 0.15) is 51.3 Å². The molecule has 2 aromatic rings. The van der Waals surface area contributed by atoms with E-state index in [1.807, 2.05) is 36.7 Å². The number of fused-ring (bicyclic) bond motifs is 1. The number of hydrogen-bond acceptors (Lipinski definition) is 3. The predicted octanol–water partition coefficient (Wildman–Crippen LogP) is 4.98. The fourth-order valence-corrected chi connectivity index (χ4v) is 3.27. The molecule has 1 amide bonds. The number of carbonyl (C=O) groups excluding carboxylic acids is 1. The molecule has 7 heteroatoms. The van der Waals surface area contributed by atoms with Crippen LogP contribution in [0, 0.1) is 5.92 Å². The van der Waals surface area contributed by atoms with Crippen LogP contribution in [0.4, 0.5) is 14.5 Å². The average molecular weight is 374 g/mol. The van der Waals surface area contributed by atoms with Gasteiger partial charge in [-0.25, -0.2) is 18.4 Å². The predicted molar refractivity (Wildman–Crippen MR) is 103 cm³/mol. The zero-order valence-electron chi connectivity index (χ0n) is 15.6. The van der Waals surface area contributed by atoms with Gasteiger partial charge in [0.15, 0.2) is 5.65 Å². The highest BCUT2D eigenvalue weighted by molar-refractivity contribution is 6.00. The van der Waals surface area contributed by atoms with Crippen molar-refractivity contribution < 1.29 is 13.6 Å². The van der Waals surface area contributed by atoms with Crippen LogP contribution in [-0.2, 0) is 4.79 Å². The number of alkyl halides is 2. The van der Waals surface area contributed by atoms with E-state index in [-0.39, 0.29) is 30.7 Å². The molecule has 0 aliphatic heterocycles. The molecule has 1 aliphatic rings. The Kier molecular flexibility index (Phi) is 5.39. The molecule has 1 N–H and O–H groups in total. The van der Waals surface area contributed by atoms with Gasteiger partial charge in [0.1, 0.15) is 0 Å². The fourth-order valence-electron chi connectivity index (χ4n) is 3.27. The molecule has 0 atom stereocenters. The number of carbonyl (C=O) groups is 1. The maximum atomic E-state index is 13.3. The van der Waals surface area contributed by atoms with Gasteiger partial charge in [-0.15, -0.1) is 0 Å². The molecular formula is C20H24F2N4O. The summed E-state index contributed by atoms with van der Waals surface area (Å²) in [4.78, 5) is 16.0. The van der Waals surface area contributed by atoms with Gasteiger partial charge in [-0.2, -0.15) is 5.10 Å². The summed E-state index contributed by atoms with van der Waals surface area (Å²) in [7, 11) is 0. The topological polar surface area (TPSA) is 59.8 Å². The van der Waals surface area contributed by atoms with Gasteiger partial charge < -0.3 is 5.32 Å². The van der Waals surface area contributed by atoms with Gasteiger partial charge >= 0.3 is 0 Å². The third-order valence-electron chi connectivity index (χ3n) is 4.81. The Balaban J connectivity index is 1.90.